The van der Waals surface area contributed by atoms with Gasteiger partial charge in [0.25, 0.3) is 0 Å². The van der Waals surface area contributed by atoms with Crippen molar-refractivity contribution in [2.24, 2.45) is 0 Å². The summed E-state index contributed by atoms with van der Waals surface area (Å²) in [5.41, 5.74) is 0.464. The highest BCUT2D eigenvalue weighted by atomic mass is 32.1. The summed E-state index contributed by atoms with van der Waals surface area (Å²) in [5, 5.41) is 16.3. The van der Waals surface area contributed by atoms with E-state index in [0.717, 1.165) is 4.88 Å². The van der Waals surface area contributed by atoms with Crippen LogP contribution in [0.15, 0.2) is 35.7 Å². The van der Waals surface area contributed by atoms with Crippen molar-refractivity contribution in [1.82, 2.24) is 5.32 Å². The number of nitrogens with one attached hydrogen (secondary N) is 2. The number of anilines is 1. The lowest BCUT2D eigenvalue weighted by Gasteiger charge is -2.14. The largest absolute Gasteiger partial charge is 0.454 e. The van der Waals surface area contributed by atoms with E-state index in [-0.39, 0.29) is 19.3 Å². The molecule has 3 N–H and O–H groups in total. The van der Waals surface area contributed by atoms with E-state index in [9.17, 15) is 14.7 Å². The van der Waals surface area contributed by atoms with Crippen LogP contribution in [0, 0.1) is 0 Å². The van der Waals surface area contributed by atoms with Crippen molar-refractivity contribution in [2.45, 2.75) is 18.8 Å². The SMILES string of the molecule is O=C(NCCC(CCO)c1cccs1)C(=O)Nc1ccc2c(c1)OCO2. The average molecular weight is 376 g/mol. The van der Waals surface area contributed by atoms with E-state index in [1.165, 1.54) is 0 Å². The van der Waals surface area contributed by atoms with Crippen LogP contribution in [0.4, 0.5) is 5.69 Å². The van der Waals surface area contributed by atoms with Crippen molar-refractivity contribution >= 4 is 28.8 Å². The van der Waals surface area contributed by atoms with E-state index in [1.54, 1.807) is 29.5 Å². The first kappa shape index (κ1) is 18.2. The quantitative estimate of drug-likeness (QED) is 0.643. The van der Waals surface area contributed by atoms with E-state index < -0.39 is 11.8 Å². The maximum absolute atomic E-state index is 12.0. The summed E-state index contributed by atoms with van der Waals surface area (Å²) in [6.07, 6.45) is 1.28. The number of benzene rings is 1. The third-order valence-corrected chi connectivity index (χ3v) is 5.07. The zero-order valence-corrected chi connectivity index (χ0v) is 14.9. The Kier molecular flexibility index (Phi) is 6.08. The first-order chi connectivity index (χ1) is 12.7. The van der Waals surface area contributed by atoms with Crippen LogP contribution < -0.4 is 20.1 Å². The Morgan fingerprint density at radius 1 is 1.15 bits per heavy atom. The molecule has 26 heavy (non-hydrogen) atoms. The number of rotatable bonds is 7. The fourth-order valence-corrected chi connectivity index (χ4v) is 3.61. The molecule has 1 aliphatic rings. The number of thiophene rings is 1. The predicted molar refractivity (Wildman–Crippen MR) is 97.6 cm³/mol. The molecule has 0 aliphatic carbocycles. The van der Waals surface area contributed by atoms with Crippen molar-refractivity contribution in [3.8, 4) is 11.5 Å². The molecule has 2 aromatic rings. The van der Waals surface area contributed by atoms with Gasteiger partial charge in [0.15, 0.2) is 11.5 Å². The first-order valence-electron chi connectivity index (χ1n) is 8.30. The van der Waals surface area contributed by atoms with Gasteiger partial charge in [-0.15, -0.1) is 11.3 Å². The Hall–Kier alpha value is -2.58. The maximum atomic E-state index is 12.0. The number of fused-ring (bicyclic) bond motifs is 1. The molecule has 1 atom stereocenters. The number of aliphatic hydroxyl groups excluding tert-OH is 1. The Balaban J connectivity index is 1.47. The Morgan fingerprint density at radius 2 is 2.00 bits per heavy atom. The minimum atomic E-state index is -0.737. The molecule has 0 fully saturated rings. The van der Waals surface area contributed by atoms with Gasteiger partial charge in [-0.05, 0) is 42.3 Å². The lowest BCUT2D eigenvalue weighted by atomic mass is 10.00. The molecule has 7 nitrogen and oxygen atoms in total. The van der Waals surface area contributed by atoms with Gasteiger partial charge < -0.3 is 25.2 Å². The molecule has 1 aromatic carbocycles. The second kappa shape index (κ2) is 8.68. The summed E-state index contributed by atoms with van der Waals surface area (Å²) in [4.78, 5) is 25.2. The van der Waals surface area contributed by atoms with Crippen LogP contribution in [0.1, 0.15) is 23.6 Å². The molecule has 138 valence electrons. The monoisotopic (exact) mass is 376 g/mol. The molecule has 0 saturated carbocycles. The molecular weight excluding hydrogens is 356 g/mol. The minimum Gasteiger partial charge on any atom is -0.454 e. The van der Waals surface area contributed by atoms with Gasteiger partial charge in [-0.1, -0.05) is 6.07 Å². The van der Waals surface area contributed by atoms with Crippen molar-refractivity contribution in [3.05, 3.63) is 40.6 Å². The van der Waals surface area contributed by atoms with E-state index in [1.807, 2.05) is 17.5 Å². The molecule has 1 aliphatic heterocycles. The van der Waals surface area contributed by atoms with Crippen LogP contribution in [-0.2, 0) is 9.59 Å². The molecule has 1 unspecified atom stereocenters. The average Bonchev–Trinajstić information content (AvgIpc) is 3.32. The topological polar surface area (TPSA) is 96.9 Å². The Labute approximate surface area is 154 Å². The fraction of sp³-hybridized carbons (Fsp3) is 0.333. The van der Waals surface area contributed by atoms with Gasteiger partial charge in [0.05, 0.1) is 0 Å². The molecule has 2 amide bonds. The third kappa shape index (κ3) is 4.53. The van der Waals surface area contributed by atoms with Crippen LogP contribution in [-0.4, -0.2) is 36.9 Å². The van der Waals surface area contributed by atoms with Gasteiger partial charge in [-0.25, -0.2) is 0 Å². The zero-order chi connectivity index (χ0) is 18.4. The van der Waals surface area contributed by atoms with E-state index in [0.29, 0.717) is 36.6 Å². The molecule has 0 saturated heterocycles. The highest BCUT2D eigenvalue weighted by molar-refractivity contribution is 7.10. The lowest BCUT2D eigenvalue weighted by Crippen LogP contribution is -2.36. The van der Waals surface area contributed by atoms with Crippen LogP contribution in [0.3, 0.4) is 0 Å². The minimum absolute atomic E-state index is 0.0844. The standard InChI is InChI=1S/C18H20N2O5S/c21-8-6-12(16-2-1-9-26-16)5-7-19-17(22)18(23)20-13-3-4-14-15(10-13)25-11-24-14/h1-4,9-10,12,21H,5-8,11H2,(H,19,22)(H,20,23). The molecular formula is C18H20N2O5S. The van der Waals surface area contributed by atoms with Crippen LogP contribution in [0.5, 0.6) is 11.5 Å². The van der Waals surface area contributed by atoms with Crippen molar-refractivity contribution in [1.29, 1.82) is 0 Å². The molecule has 3 rings (SSSR count). The normalized spacial score (nSPS) is 13.3. The summed E-state index contributed by atoms with van der Waals surface area (Å²) in [6.45, 7) is 0.587. The van der Waals surface area contributed by atoms with E-state index in [2.05, 4.69) is 10.6 Å². The number of aliphatic hydroxyl groups is 1. The highest BCUT2D eigenvalue weighted by Crippen LogP contribution is 2.34. The second-order valence-corrected chi connectivity index (χ2v) is 6.77. The van der Waals surface area contributed by atoms with Crippen LogP contribution >= 0.6 is 11.3 Å². The fourth-order valence-electron chi connectivity index (χ4n) is 2.71. The summed E-state index contributed by atoms with van der Waals surface area (Å²) in [5.74, 6) is -0.130. The van der Waals surface area contributed by atoms with Gasteiger partial charge >= 0.3 is 11.8 Å². The first-order valence-corrected chi connectivity index (χ1v) is 9.18. The Morgan fingerprint density at radius 3 is 2.77 bits per heavy atom. The summed E-state index contributed by atoms with van der Waals surface area (Å²) >= 11 is 1.62. The van der Waals surface area contributed by atoms with Gasteiger partial charge in [-0.2, -0.15) is 0 Å². The predicted octanol–water partition coefficient (Wildman–Crippen LogP) is 2.09. The molecule has 8 heteroatoms. The van der Waals surface area contributed by atoms with Crippen molar-refractivity contribution in [3.63, 3.8) is 0 Å². The Bertz CT molecular complexity index is 763. The second-order valence-electron chi connectivity index (χ2n) is 5.79. The number of carbonyl (C=O) groups excluding carboxylic acids is 2. The smallest absolute Gasteiger partial charge is 0.313 e. The third-order valence-electron chi connectivity index (χ3n) is 4.04. The van der Waals surface area contributed by atoms with Crippen molar-refractivity contribution in [2.75, 3.05) is 25.3 Å². The molecule has 0 bridgehead atoms. The van der Waals surface area contributed by atoms with Gasteiger partial charge in [0.1, 0.15) is 0 Å². The number of hydrogen-bond acceptors (Lipinski definition) is 6. The maximum Gasteiger partial charge on any atom is 0.313 e. The van der Waals surface area contributed by atoms with Gasteiger partial charge in [-0.3, -0.25) is 9.59 Å². The lowest BCUT2D eigenvalue weighted by molar-refractivity contribution is -0.136. The zero-order valence-electron chi connectivity index (χ0n) is 14.1. The van der Waals surface area contributed by atoms with E-state index >= 15 is 0 Å². The van der Waals surface area contributed by atoms with Crippen molar-refractivity contribution < 1.29 is 24.2 Å². The summed E-state index contributed by atoms with van der Waals surface area (Å²) < 4.78 is 10.4. The number of amides is 2. The summed E-state index contributed by atoms with van der Waals surface area (Å²) in [6, 6.07) is 8.91. The highest BCUT2D eigenvalue weighted by Gasteiger charge is 2.18. The number of ether oxygens (including phenoxy) is 2. The van der Waals surface area contributed by atoms with E-state index in [4.69, 9.17) is 9.47 Å². The van der Waals surface area contributed by atoms with Gasteiger partial charge in [0, 0.05) is 29.8 Å². The van der Waals surface area contributed by atoms with Gasteiger partial charge in [0.2, 0.25) is 6.79 Å². The molecule has 0 radical (unpaired) electrons. The molecule has 0 spiro atoms. The number of carbonyl (C=O) groups is 2. The summed E-state index contributed by atoms with van der Waals surface area (Å²) in [7, 11) is 0. The molecule has 1 aromatic heterocycles. The van der Waals surface area contributed by atoms with Crippen LogP contribution in [0.25, 0.3) is 0 Å². The van der Waals surface area contributed by atoms with Crippen LogP contribution in [0.2, 0.25) is 0 Å². The molecule has 2 heterocycles. The number of hydrogen-bond donors (Lipinski definition) is 3.